The van der Waals surface area contributed by atoms with Gasteiger partial charge >= 0.3 is 11.9 Å². The minimum Gasteiger partial charge on any atom is -0.392 e. The number of thioether (sulfide) groups is 1. The van der Waals surface area contributed by atoms with Crippen molar-refractivity contribution in [3.63, 3.8) is 0 Å². The maximum absolute atomic E-state index is 12.4. The van der Waals surface area contributed by atoms with Gasteiger partial charge in [0.15, 0.2) is 5.78 Å². The summed E-state index contributed by atoms with van der Waals surface area (Å²) >= 11 is 1.38. The third-order valence-corrected chi connectivity index (χ3v) is 7.87. The van der Waals surface area contributed by atoms with E-state index >= 15 is 0 Å². The van der Waals surface area contributed by atoms with Crippen LogP contribution in [0.2, 0.25) is 19.6 Å². The Balaban J connectivity index is 2.84. The summed E-state index contributed by atoms with van der Waals surface area (Å²) in [6.07, 6.45) is 1.63. The lowest BCUT2D eigenvalue weighted by Gasteiger charge is -2.21. The van der Waals surface area contributed by atoms with Crippen LogP contribution in [0.5, 0.6) is 0 Å². The Kier molecular flexibility index (Phi) is 7.59. The van der Waals surface area contributed by atoms with Gasteiger partial charge in [-0.05, 0) is 10.6 Å². The Morgan fingerprint density at radius 1 is 1.21 bits per heavy atom. The highest BCUT2D eigenvalue weighted by molar-refractivity contribution is 8.05. The van der Waals surface area contributed by atoms with Gasteiger partial charge in [-0.15, -0.1) is 11.8 Å². The predicted octanol–water partition coefficient (Wildman–Crippen LogP) is 2.78. The number of esters is 2. The molecule has 5 nitrogen and oxygen atoms in total. The van der Waals surface area contributed by atoms with Gasteiger partial charge in [-0.1, -0.05) is 50.0 Å². The third kappa shape index (κ3) is 6.82. The number of carbonyl (C=O) groups is 3. The van der Waals surface area contributed by atoms with Crippen LogP contribution in [0.15, 0.2) is 40.9 Å². The summed E-state index contributed by atoms with van der Waals surface area (Å²) in [6, 6.07) is 8.11. The molecule has 0 aromatic heterocycles. The van der Waals surface area contributed by atoms with Gasteiger partial charge < -0.3 is 10.5 Å². The fraction of sp³-hybridized carbons (Fsp3) is 0.353. The molecule has 1 atom stereocenters. The first-order chi connectivity index (χ1) is 11.1. The van der Waals surface area contributed by atoms with Crippen LogP contribution >= 0.6 is 11.8 Å². The molecule has 0 spiro atoms. The van der Waals surface area contributed by atoms with Gasteiger partial charge in [-0.2, -0.15) is 0 Å². The summed E-state index contributed by atoms with van der Waals surface area (Å²) < 4.78 is 5.44. The van der Waals surface area contributed by atoms with E-state index in [1.54, 1.807) is 18.2 Å². The fourth-order valence-corrected chi connectivity index (χ4v) is 4.98. The average Bonchev–Trinajstić information content (AvgIpc) is 2.49. The van der Waals surface area contributed by atoms with Gasteiger partial charge in [0.05, 0.1) is 8.07 Å². The maximum atomic E-state index is 12.4. The predicted molar refractivity (Wildman–Crippen MR) is 99.4 cm³/mol. The molecule has 2 N–H and O–H groups in total. The number of nitrogens with two attached hydrogens (primary N) is 1. The number of ketones is 1. The van der Waals surface area contributed by atoms with Crippen LogP contribution < -0.4 is 5.73 Å². The molecule has 0 unspecified atom stereocenters. The summed E-state index contributed by atoms with van der Waals surface area (Å²) in [6.45, 7) is 7.50. The van der Waals surface area contributed by atoms with E-state index in [1.165, 1.54) is 11.8 Å². The zero-order valence-corrected chi connectivity index (χ0v) is 16.2. The quantitative estimate of drug-likeness (QED) is 0.263. The molecule has 130 valence electrons. The highest BCUT2D eigenvalue weighted by Crippen LogP contribution is 2.28. The lowest BCUT2D eigenvalue weighted by molar-refractivity contribution is -0.158. The molecule has 24 heavy (non-hydrogen) atoms. The number of allylic oxidation sites excluding steroid dienone is 1. The summed E-state index contributed by atoms with van der Waals surface area (Å²) in [5.41, 5.74) is 6.37. The van der Waals surface area contributed by atoms with Crippen LogP contribution in [0, 0.1) is 0 Å². The number of carbonyl (C=O) groups excluding carboxylic acids is 3. The van der Waals surface area contributed by atoms with Crippen molar-refractivity contribution in [2.45, 2.75) is 32.6 Å². The lowest BCUT2D eigenvalue weighted by atomic mass is 10.1. The molecule has 0 bridgehead atoms. The molecule has 0 saturated heterocycles. The summed E-state index contributed by atoms with van der Waals surface area (Å²) in [7, 11) is -1.79. The van der Waals surface area contributed by atoms with Crippen molar-refractivity contribution in [1.82, 2.24) is 0 Å². The van der Waals surface area contributed by atoms with Crippen molar-refractivity contribution in [3.05, 3.63) is 46.5 Å². The van der Waals surface area contributed by atoms with Gasteiger partial charge in [0.25, 0.3) is 0 Å². The molecule has 0 amide bonds. The molecule has 0 heterocycles. The number of benzene rings is 1. The minimum atomic E-state index is -1.79. The Bertz CT molecular complexity index is 638. The molecule has 0 aliphatic rings. The second-order valence-electron chi connectivity index (χ2n) is 6.32. The summed E-state index contributed by atoms with van der Waals surface area (Å²) in [5.74, 6) is -1.25. The van der Waals surface area contributed by atoms with E-state index in [0.29, 0.717) is 5.56 Å². The van der Waals surface area contributed by atoms with Crippen molar-refractivity contribution in [1.29, 1.82) is 0 Å². The van der Waals surface area contributed by atoms with Gasteiger partial charge in [0, 0.05) is 18.2 Å². The van der Waals surface area contributed by atoms with Crippen LogP contribution in [0.1, 0.15) is 17.3 Å². The fourth-order valence-electron chi connectivity index (χ4n) is 1.74. The van der Waals surface area contributed by atoms with Gasteiger partial charge in [-0.3, -0.25) is 9.59 Å². The largest absolute Gasteiger partial charge is 0.392 e. The van der Waals surface area contributed by atoms with E-state index in [1.807, 2.05) is 18.2 Å². The molecule has 1 rings (SSSR count). The lowest BCUT2D eigenvalue weighted by Crippen LogP contribution is -2.36. The number of rotatable bonds is 7. The Labute approximate surface area is 147 Å². The second kappa shape index (κ2) is 8.96. The Hall–Kier alpha value is -1.70. The number of hydrogen-bond donors (Lipinski definition) is 1. The summed E-state index contributed by atoms with van der Waals surface area (Å²) in [5, 5.41) is 0. The first-order valence-corrected chi connectivity index (χ1v) is 12.0. The van der Waals surface area contributed by atoms with Gasteiger partial charge in [-0.25, -0.2) is 4.79 Å². The van der Waals surface area contributed by atoms with Crippen molar-refractivity contribution in [3.8, 4) is 0 Å². The normalized spacial score (nSPS) is 13.3. The van der Waals surface area contributed by atoms with Crippen LogP contribution in [-0.2, 0) is 14.3 Å². The monoisotopic (exact) mass is 365 g/mol. The second-order valence-corrected chi connectivity index (χ2v) is 12.8. The van der Waals surface area contributed by atoms with Crippen LogP contribution in [0.3, 0.4) is 0 Å². The van der Waals surface area contributed by atoms with Crippen LogP contribution in [-0.4, -0.2) is 37.6 Å². The molecule has 0 aliphatic carbocycles. The first kappa shape index (κ1) is 20.3. The molecule has 1 aromatic rings. The zero-order chi connectivity index (χ0) is 18.3. The van der Waals surface area contributed by atoms with E-state index in [0.717, 1.165) is 11.5 Å². The van der Waals surface area contributed by atoms with Gasteiger partial charge in [0.1, 0.15) is 6.04 Å². The standard InChI is InChI=1S/C17H23NO4SSi/c1-12(19)22-17(21)14(18)11-23-16(24(2,3)4)10-15(20)13-8-6-5-7-9-13/h5-10,14H,11,18H2,1-4H3/t14-/m0/s1. The molecule has 1 aromatic carbocycles. The SMILES string of the molecule is CC(=O)OC(=O)[C@@H](N)CSC(=CC(=O)c1ccccc1)[Si](C)(C)C. The molecule has 7 heteroatoms. The average molecular weight is 366 g/mol. The van der Waals surface area contributed by atoms with Crippen molar-refractivity contribution >= 4 is 37.6 Å². The Morgan fingerprint density at radius 3 is 2.29 bits per heavy atom. The van der Waals surface area contributed by atoms with Crippen LogP contribution in [0.25, 0.3) is 0 Å². The number of hydrogen-bond acceptors (Lipinski definition) is 6. The van der Waals surface area contributed by atoms with Crippen molar-refractivity contribution in [2.24, 2.45) is 5.73 Å². The summed E-state index contributed by atoms with van der Waals surface area (Å²) in [4.78, 5) is 34.8. The highest BCUT2D eigenvalue weighted by Gasteiger charge is 2.24. The number of ether oxygens (including phenoxy) is 1. The Morgan fingerprint density at radius 2 is 1.79 bits per heavy atom. The van der Waals surface area contributed by atoms with Crippen molar-refractivity contribution in [2.75, 3.05) is 5.75 Å². The van der Waals surface area contributed by atoms with Crippen LogP contribution in [0.4, 0.5) is 0 Å². The van der Waals surface area contributed by atoms with E-state index in [-0.39, 0.29) is 11.5 Å². The molecule has 0 aliphatic heterocycles. The van der Waals surface area contributed by atoms with E-state index < -0.39 is 26.1 Å². The molecule has 0 radical (unpaired) electrons. The zero-order valence-electron chi connectivity index (χ0n) is 14.4. The third-order valence-electron chi connectivity index (χ3n) is 3.03. The molecular formula is C17H23NO4SSi. The molecule has 0 fully saturated rings. The van der Waals surface area contributed by atoms with E-state index in [2.05, 4.69) is 24.4 Å². The van der Waals surface area contributed by atoms with Crippen molar-refractivity contribution < 1.29 is 19.1 Å². The molecule has 0 saturated carbocycles. The first-order valence-electron chi connectivity index (χ1n) is 7.53. The van der Waals surface area contributed by atoms with E-state index in [4.69, 9.17) is 5.73 Å². The minimum absolute atomic E-state index is 0.0691. The highest BCUT2D eigenvalue weighted by atomic mass is 32.2. The molecular weight excluding hydrogens is 342 g/mol. The smallest absolute Gasteiger partial charge is 0.331 e. The topological polar surface area (TPSA) is 86.5 Å². The van der Waals surface area contributed by atoms with Gasteiger partial charge in [0.2, 0.25) is 0 Å². The maximum Gasteiger partial charge on any atom is 0.331 e. The van der Waals surface area contributed by atoms with E-state index in [9.17, 15) is 14.4 Å².